The monoisotopic (exact) mass is 494 g/mol. The van der Waals surface area contributed by atoms with Crippen molar-refractivity contribution in [2.75, 3.05) is 10.6 Å². The minimum absolute atomic E-state index is 0.140. The molecule has 0 unspecified atom stereocenters. The highest BCUT2D eigenvalue weighted by Gasteiger charge is 2.27. The number of carbonyl (C=O) groups is 2. The lowest BCUT2D eigenvalue weighted by molar-refractivity contribution is -0.110. The van der Waals surface area contributed by atoms with Gasteiger partial charge >= 0.3 is 0 Å². The summed E-state index contributed by atoms with van der Waals surface area (Å²) < 4.78 is 33.1. The molecule has 2 aliphatic heterocycles. The number of halogens is 2. The summed E-state index contributed by atoms with van der Waals surface area (Å²) in [5.74, 6) is -0.625. The first-order valence-electron chi connectivity index (χ1n) is 11.2. The Kier molecular flexibility index (Phi) is 5.30. The predicted molar refractivity (Wildman–Crippen MR) is 135 cm³/mol. The summed E-state index contributed by atoms with van der Waals surface area (Å²) >= 11 is 0. The van der Waals surface area contributed by atoms with E-state index in [0.29, 0.717) is 45.4 Å². The second-order valence-electron chi connectivity index (χ2n) is 8.30. The molecule has 2 heterocycles. The molecule has 9 heteroatoms. The second kappa shape index (κ2) is 8.80. The quantitative estimate of drug-likeness (QED) is 0.370. The molecule has 2 aliphatic rings. The standard InChI is InChI=1S/C28H16F2N4O3/c29-15-1-11-23-21(13-15)25(27(35)33-23)31-17-3-7-19(8-4-17)37-20-9-5-18(6-10-20)32-26-22-14-16(30)2-12-24(22)34-28(26)36/h1-14H,(H,31,33,35)(H,32,34,36). The maximum Gasteiger partial charge on any atom is 0.275 e. The van der Waals surface area contributed by atoms with Crippen molar-refractivity contribution < 1.29 is 23.1 Å². The van der Waals surface area contributed by atoms with Gasteiger partial charge in [-0.05, 0) is 84.9 Å². The SMILES string of the molecule is O=C1Nc2ccc(F)cc2C1=Nc1ccc(Oc2ccc(N=C3C(=O)Nc4ccc(F)cc43)cc2)cc1. The number of rotatable bonds is 4. The molecule has 0 fully saturated rings. The van der Waals surface area contributed by atoms with Gasteiger partial charge in [-0.2, -0.15) is 0 Å². The molecule has 6 rings (SSSR count). The molecule has 4 aromatic carbocycles. The van der Waals surface area contributed by atoms with Crippen molar-refractivity contribution in [3.63, 3.8) is 0 Å². The highest BCUT2D eigenvalue weighted by Crippen LogP contribution is 2.30. The molecular formula is C28H16F2N4O3. The molecule has 2 amide bonds. The Morgan fingerprint density at radius 2 is 0.973 bits per heavy atom. The summed E-state index contributed by atoms with van der Waals surface area (Å²) in [7, 11) is 0. The van der Waals surface area contributed by atoms with Gasteiger partial charge in [-0.15, -0.1) is 0 Å². The van der Waals surface area contributed by atoms with E-state index in [-0.39, 0.29) is 11.4 Å². The largest absolute Gasteiger partial charge is 0.457 e. The van der Waals surface area contributed by atoms with Gasteiger partial charge in [-0.1, -0.05) is 0 Å². The highest BCUT2D eigenvalue weighted by molar-refractivity contribution is 6.54. The van der Waals surface area contributed by atoms with E-state index in [1.165, 1.54) is 36.4 Å². The predicted octanol–water partition coefficient (Wildman–Crippen LogP) is 5.90. The van der Waals surface area contributed by atoms with E-state index in [9.17, 15) is 18.4 Å². The van der Waals surface area contributed by atoms with Crippen LogP contribution in [0, 0.1) is 11.6 Å². The van der Waals surface area contributed by atoms with E-state index in [1.54, 1.807) is 48.5 Å². The molecule has 4 aromatic rings. The van der Waals surface area contributed by atoms with Crippen LogP contribution in [0.1, 0.15) is 11.1 Å². The number of hydrogen-bond donors (Lipinski definition) is 2. The molecule has 37 heavy (non-hydrogen) atoms. The van der Waals surface area contributed by atoms with Gasteiger partial charge in [0, 0.05) is 11.1 Å². The van der Waals surface area contributed by atoms with Crippen LogP contribution < -0.4 is 15.4 Å². The number of fused-ring (bicyclic) bond motifs is 2. The van der Waals surface area contributed by atoms with Gasteiger partial charge in [0.25, 0.3) is 11.8 Å². The number of ether oxygens (including phenoxy) is 1. The van der Waals surface area contributed by atoms with Crippen molar-refractivity contribution in [1.29, 1.82) is 0 Å². The molecule has 0 atom stereocenters. The molecule has 2 N–H and O–H groups in total. The number of benzene rings is 4. The van der Waals surface area contributed by atoms with E-state index < -0.39 is 23.4 Å². The summed E-state index contributed by atoms with van der Waals surface area (Å²) in [6.07, 6.45) is 0. The van der Waals surface area contributed by atoms with Gasteiger partial charge in [0.05, 0.1) is 22.7 Å². The van der Waals surface area contributed by atoms with Crippen LogP contribution in [0.25, 0.3) is 0 Å². The number of nitrogens with one attached hydrogen (secondary N) is 2. The van der Waals surface area contributed by atoms with E-state index in [0.717, 1.165) is 0 Å². The fourth-order valence-corrected chi connectivity index (χ4v) is 4.04. The molecule has 0 bridgehead atoms. The number of hydrogen-bond acceptors (Lipinski definition) is 5. The van der Waals surface area contributed by atoms with Crippen molar-refractivity contribution in [2.45, 2.75) is 0 Å². The maximum atomic E-state index is 13.6. The Morgan fingerprint density at radius 3 is 1.38 bits per heavy atom. The molecular weight excluding hydrogens is 478 g/mol. The van der Waals surface area contributed by atoms with Crippen LogP contribution in [0.4, 0.5) is 31.5 Å². The molecule has 0 saturated carbocycles. The third-order valence-corrected chi connectivity index (χ3v) is 5.79. The smallest absolute Gasteiger partial charge is 0.275 e. The Morgan fingerprint density at radius 1 is 0.568 bits per heavy atom. The summed E-state index contributed by atoms with van der Waals surface area (Å²) in [5, 5.41) is 5.33. The average molecular weight is 494 g/mol. The molecule has 0 aliphatic carbocycles. The van der Waals surface area contributed by atoms with Crippen LogP contribution in [0.3, 0.4) is 0 Å². The first-order valence-corrected chi connectivity index (χ1v) is 11.2. The van der Waals surface area contributed by atoms with E-state index in [1.807, 2.05) is 0 Å². The molecule has 0 radical (unpaired) electrons. The third-order valence-electron chi connectivity index (χ3n) is 5.79. The van der Waals surface area contributed by atoms with E-state index in [4.69, 9.17) is 4.74 Å². The Labute approximate surface area is 209 Å². The van der Waals surface area contributed by atoms with Crippen LogP contribution in [-0.2, 0) is 9.59 Å². The lowest BCUT2D eigenvalue weighted by Crippen LogP contribution is -2.13. The summed E-state index contributed by atoms with van der Waals surface area (Å²) in [6.45, 7) is 0. The van der Waals surface area contributed by atoms with E-state index >= 15 is 0 Å². The molecule has 0 saturated heterocycles. The number of carbonyl (C=O) groups excluding carboxylic acids is 2. The Balaban J connectivity index is 1.18. The van der Waals surface area contributed by atoms with Crippen molar-refractivity contribution in [2.24, 2.45) is 9.98 Å². The second-order valence-corrected chi connectivity index (χ2v) is 8.30. The lowest BCUT2D eigenvalue weighted by atomic mass is 10.1. The number of anilines is 2. The number of amides is 2. The molecule has 180 valence electrons. The van der Waals surface area contributed by atoms with Crippen LogP contribution >= 0.6 is 0 Å². The van der Waals surface area contributed by atoms with Crippen molar-refractivity contribution in [3.8, 4) is 11.5 Å². The summed E-state index contributed by atoms with van der Waals surface area (Å²) in [4.78, 5) is 33.2. The molecule has 0 aromatic heterocycles. The third kappa shape index (κ3) is 4.34. The first kappa shape index (κ1) is 22.3. The van der Waals surface area contributed by atoms with Gasteiger partial charge in [-0.3, -0.25) is 9.59 Å². The van der Waals surface area contributed by atoms with Crippen molar-refractivity contribution in [3.05, 3.63) is 108 Å². The zero-order valence-electron chi connectivity index (χ0n) is 19.0. The van der Waals surface area contributed by atoms with Crippen LogP contribution in [-0.4, -0.2) is 23.2 Å². The first-order chi connectivity index (χ1) is 17.9. The lowest BCUT2D eigenvalue weighted by Gasteiger charge is -2.06. The van der Waals surface area contributed by atoms with Gasteiger partial charge in [-0.25, -0.2) is 18.8 Å². The van der Waals surface area contributed by atoms with Gasteiger partial charge in [0.2, 0.25) is 0 Å². The number of nitrogens with zero attached hydrogens (tertiary/aromatic N) is 2. The van der Waals surface area contributed by atoms with Crippen molar-refractivity contribution >= 4 is 46.0 Å². The average Bonchev–Trinajstić information content (AvgIpc) is 3.36. The fraction of sp³-hybridized carbons (Fsp3) is 0. The molecule has 0 spiro atoms. The minimum Gasteiger partial charge on any atom is -0.457 e. The van der Waals surface area contributed by atoms with Crippen LogP contribution in [0.2, 0.25) is 0 Å². The van der Waals surface area contributed by atoms with Crippen LogP contribution in [0.15, 0.2) is 94.9 Å². The van der Waals surface area contributed by atoms with Crippen LogP contribution in [0.5, 0.6) is 11.5 Å². The van der Waals surface area contributed by atoms with Gasteiger partial charge in [0.1, 0.15) is 34.6 Å². The van der Waals surface area contributed by atoms with Gasteiger partial charge < -0.3 is 15.4 Å². The summed E-state index contributed by atoms with van der Waals surface area (Å²) in [5.41, 5.74) is 3.16. The molecule has 7 nitrogen and oxygen atoms in total. The summed E-state index contributed by atoms with van der Waals surface area (Å²) in [6, 6.07) is 21.6. The van der Waals surface area contributed by atoms with Crippen molar-refractivity contribution in [1.82, 2.24) is 0 Å². The zero-order valence-corrected chi connectivity index (χ0v) is 19.0. The Hall–Kier alpha value is -5.18. The highest BCUT2D eigenvalue weighted by atomic mass is 19.1. The van der Waals surface area contributed by atoms with Gasteiger partial charge in [0.15, 0.2) is 0 Å². The number of aliphatic imine (C=N–C) groups is 2. The minimum atomic E-state index is -0.450. The van der Waals surface area contributed by atoms with E-state index in [2.05, 4.69) is 20.6 Å². The maximum absolute atomic E-state index is 13.6. The fourth-order valence-electron chi connectivity index (χ4n) is 4.04. The zero-order chi connectivity index (χ0) is 25.5. The Bertz CT molecular complexity index is 1520. The normalized spacial score (nSPS) is 15.9. The topological polar surface area (TPSA) is 92.2 Å².